The highest BCUT2D eigenvalue weighted by molar-refractivity contribution is 5.82. The van der Waals surface area contributed by atoms with Gasteiger partial charge in [0.25, 0.3) is 0 Å². The van der Waals surface area contributed by atoms with Crippen LogP contribution in [0.3, 0.4) is 0 Å². The zero-order chi connectivity index (χ0) is 12.5. The van der Waals surface area contributed by atoms with Gasteiger partial charge in [0.05, 0.1) is 11.7 Å². The third kappa shape index (κ3) is 2.48. The second kappa shape index (κ2) is 4.47. The summed E-state index contributed by atoms with van der Waals surface area (Å²) >= 11 is 0. The molecule has 1 saturated heterocycles. The highest BCUT2D eigenvalue weighted by atomic mass is 16.2. The third-order valence-corrected chi connectivity index (χ3v) is 3.18. The smallest absolute Gasteiger partial charge is 0.228 e. The van der Waals surface area contributed by atoms with Gasteiger partial charge in [0.1, 0.15) is 0 Å². The molecule has 0 saturated carbocycles. The van der Waals surface area contributed by atoms with Crippen molar-refractivity contribution < 1.29 is 4.79 Å². The van der Waals surface area contributed by atoms with E-state index in [1.54, 1.807) is 6.20 Å². The molecule has 0 aromatic carbocycles. The van der Waals surface area contributed by atoms with Crippen molar-refractivity contribution in [2.75, 3.05) is 6.54 Å². The van der Waals surface area contributed by atoms with Crippen molar-refractivity contribution in [3.05, 3.63) is 30.1 Å². The van der Waals surface area contributed by atoms with E-state index in [-0.39, 0.29) is 17.4 Å². The van der Waals surface area contributed by atoms with E-state index in [0.717, 1.165) is 25.1 Å². The minimum Gasteiger partial charge on any atom is -0.334 e. The lowest BCUT2D eigenvalue weighted by Crippen LogP contribution is -2.39. The first-order valence-corrected chi connectivity index (χ1v) is 6.22. The number of carbonyl (C=O) groups excluding carboxylic acids is 1. The monoisotopic (exact) mass is 232 g/mol. The molecule has 17 heavy (non-hydrogen) atoms. The van der Waals surface area contributed by atoms with Crippen molar-refractivity contribution in [2.45, 2.75) is 39.7 Å². The summed E-state index contributed by atoms with van der Waals surface area (Å²) in [6.45, 7) is 6.78. The molecule has 92 valence electrons. The molecule has 0 radical (unpaired) electrons. The lowest BCUT2D eigenvalue weighted by molar-refractivity contribution is -0.140. The number of nitrogens with zero attached hydrogens (tertiary/aromatic N) is 2. The first-order chi connectivity index (χ1) is 8.00. The van der Waals surface area contributed by atoms with Crippen LogP contribution >= 0.6 is 0 Å². The predicted octanol–water partition coefficient (Wildman–Crippen LogP) is 2.79. The summed E-state index contributed by atoms with van der Waals surface area (Å²) in [5.74, 6) is 0.227. The van der Waals surface area contributed by atoms with E-state index in [4.69, 9.17) is 0 Å². The minimum atomic E-state index is -0.308. The van der Waals surface area contributed by atoms with E-state index < -0.39 is 0 Å². The van der Waals surface area contributed by atoms with Gasteiger partial charge in [-0.2, -0.15) is 0 Å². The number of amides is 1. The zero-order valence-electron chi connectivity index (χ0n) is 10.8. The van der Waals surface area contributed by atoms with Crippen LogP contribution in [0.15, 0.2) is 24.4 Å². The average molecular weight is 232 g/mol. The zero-order valence-corrected chi connectivity index (χ0v) is 10.8. The van der Waals surface area contributed by atoms with Gasteiger partial charge in [-0.05, 0) is 25.0 Å². The van der Waals surface area contributed by atoms with E-state index >= 15 is 0 Å². The summed E-state index contributed by atoms with van der Waals surface area (Å²) in [6, 6.07) is 6.08. The molecule has 2 rings (SSSR count). The van der Waals surface area contributed by atoms with Crippen LogP contribution in [0.4, 0.5) is 0 Å². The molecule has 0 aliphatic carbocycles. The van der Waals surface area contributed by atoms with Crippen LogP contribution in [0.2, 0.25) is 0 Å². The number of rotatable bonds is 1. The molecule has 1 aromatic heterocycles. The predicted molar refractivity (Wildman–Crippen MR) is 67.4 cm³/mol. The van der Waals surface area contributed by atoms with E-state index in [1.807, 2.05) is 43.9 Å². The number of carbonyl (C=O) groups is 1. The van der Waals surface area contributed by atoms with Crippen LogP contribution < -0.4 is 0 Å². The molecule has 0 bridgehead atoms. The van der Waals surface area contributed by atoms with Gasteiger partial charge in [0.15, 0.2) is 0 Å². The Kier molecular flexibility index (Phi) is 3.18. The van der Waals surface area contributed by atoms with Gasteiger partial charge >= 0.3 is 0 Å². The summed E-state index contributed by atoms with van der Waals surface area (Å²) in [5.41, 5.74) is 0.708. The molecule has 0 unspecified atom stereocenters. The second-order valence-electron chi connectivity index (χ2n) is 5.66. The molecule has 0 N–H and O–H groups in total. The molecule has 1 amide bonds. The highest BCUT2D eigenvalue weighted by Crippen LogP contribution is 2.34. The standard InChI is InChI=1S/C14H20N2O/c1-14(2,3)13(17)16-10-6-8-12(16)11-7-4-5-9-15-11/h4-5,7,9,12H,6,8,10H2,1-3H3/t12-/m0/s1. The van der Waals surface area contributed by atoms with Gasteiger partial charge in [0, 0.05) is 18.2 Å². The number of aromatic nitrogens is 1. The molecule has 3 heteroatoms. The summed E-state index contributed by atoms with van der Waals surface area (Å²) in [5, 5.41) is 0. The van der Waals surface area contributed by atoms with Crippen LogP contribution in [-0.4, -0.2) is 22.3 Å². The second-order valence-corrected chi connectivity index (χ2v) is 5.66. The maximum Gasteiger partial charge on any atom is 0.228 e. The molecule has 1 fully saturated rings. The molecule has 3 nitrogen and oxygen atoms in total. The maximum absolute atomic E-state index is 12.3. The van der Waals surface area contributed by atoms with Crippen molar-refractivity contribution in [1.82, 2.24) is 9.88 Å². The fourth-order valence-electron chi connectivity index (χ4n) is 2.32. The Balaban J connectivity index is 2.22. The Morgan fingerprint density at radius 2 is 2.18 bits per heavy atom. The van der Waals surface area contributed by atoms with Crippen LogP contribution in [0, 0.1) is 5.41 Å². The molecule has 1 aromatic rings. The molecular weight excluding hydrogens is 212 g/mol. The first kappa shape index (κ1) is 12.1. The van der Waals surface area contributed by atoms with Crippen LogP contribution in [0.1, 0.15) is 45.3 Å². The molecular formula is C14H20N2O. The summed E-state index contributed by atoms with van der Waals surface area (Å²) in [6.07, 6.45) is 3.90. The van der Waals surface area contributed by atoms with Gasteiger partial charge in [-0.3, -0.25) is 9.78 Å². The number of likely N-dealkylation sites (tertiary alicyclic amines) is 1. The Labute approximate surface area is 103 Å². The Hall–Kier alpha value is -1.38. The highest BCUT2D eigenvalue weighted by Gasteiger charge is 2.36. The van der Waals surface area contributed by atoms with Crippen LogP contribution in [-0.2, 0) is 4.79 Å². The van der Waals surface area contributed by atoms with Gasteiger partial charge in [-0.25, -0.2) is 0 Å². The molecule has 1 aliphatic heterocycles. The van der Waals surface area contributed by atoms with Crippen molar-refractivity contribution in [1.29, 1.82) is 0 Å². The van der Waals surface area contributed by atoms with Gasteiger partial charge in [-0.15, -0.1) is 0 Å². The van der Waals surface area contributed by atoms with Crippen LogP contribution in [0.25, 0.3) is 0 Å². The third-order valence-electron chi connectivity index (χ3n) is 3.18. The van der Waals surface area contributed by atoms with Crippen molar-refractivity contribution in [3.8, 4) is 0 Å². The molecule has 2 heterocycles. The maximum atomic E-state index is 12.3. The van der Waals surface area contributed by atoms with Crippen LogP contribution in [0.5, 0.6) is 0 Å². The summed E-state index contributed by atoms with van der Waals surface area (Å²) in [4.78, 5) is 18.7. The summed E-state index contributed by atoms with van der Waals surface area (Å²) < 4.78 is 0. The van der Waals surface area contributed by atoms with E-state index in [2.05, 4.69) is 4.98 Å². The summed E-state index contributed by atoms with van der Waals surface area (Å²) in [7, 11) is 0. The van der Waals surface area contributed by atoms with Gasteiger partial charge in [-0.1, -0.05) is 26.8 Å². The number of hydrogen-bond donors (Lipinski definition) is 0. The fraction of sp³-hybridized carbons (Fsp3) is 0.571. The van der Waals surface area contributed by atoms with Crippen molar-refractivity contribution >= 4 is 5.91 Å². The molecule has 1 aliphatic rings. The van der Waals surface area contributed by atoms with Crippen molar-refractivity contribution in [3.63, 3.8) is 0 Å². The largest absolute Gasteiger partial charge is 0.334 e. The Bertz CT molecular complexity index is 394. The topological polar surface area (TPSA) is 33.2 Å². The van der Waals surface area contributed by atoms with Gasteiger partial charge in [0.2, 0.25) is 5.91 Å². The van der Waals surface area contributed by atoms with Gasteiger partial charge < -0.3 is 4.90 Å². The number of hydrogen-bond acceptors (Lipinski definition) is 2. The van der Waals surface area contributed by atoms with E-state index in [9.17, 15) is 4.79 Å². The van der Waals surface area contributed by atoms with E-state index in [0.29, 0.717) is 0 Å². The van der Waals surface area contributed by atoms with Crippen molar-refractivity contribution in [2.24, 2.45) is 5.41 Å². The van der Waals surface area contributed by atoms with E-state index in [1.165, 1.54) is 0 Å². The molecule has 1 atom stereocenters. The molecule has 0 spiro atoms. The lowest BCUT2D eigenvalue weighted by atomic mass is 9.94. The lowest BCUT2D eigenvalue weighted by Gasteiger charge is -2.30. The first-order valence-electron chi connectivity index (χ1n) is 6.22. The fourth-order valence-corrected chi connectivity index (χ4v) is 2.32. The Morgan fingerprint density at radius 1 is 1.41 bits per heavy atom. The normalized spacial score (nSPS) is 20.6. The Morgan fingerprint density at radius 3 is 2.76 bits per heavy atom. The average Bonchev–Trinajstić information content (AvgIpc) is 2.76. The quantitative estimate of drug-likeness (QED) is 0.746. The SMILES string of the molecule is CC(C)(C)C(=O)N1CCC[C@H]1c1ccccn1. The number of pyridine rings is 1. The minimum absolute atomic E-state index is 0.169.